The number of nitrogens with one attached hydrogen (secondary N) is 2. The summed E-state index contributed by atoms with van der Waals surface area (Å²) in [5, 5.41) is 9.85. The molecule has 2 rings (SSSR count). The van der Waals surface area contributed by atoms with Crippen molar-refractivity contribution in [3.05, 3.63) is 50.2 Å². The maximum absolute atomic E-state index is 11.9. The van der Waals surface area contributed by atoms with Crippen LogP contribution in [0.25, 0.3) is 0 Å². The van der Waals surface area contributed by atoms with Gasteiger partial charge in [0.05, 0.1) is 19.8 Å². The third-order valence-electron chi connectivity index (χ3n) is 3.80. The number of aromatic hydroxyl groups is 1. The van der Waals surface area contributed by atoms with Crippen molar-refractivity contribution in [1.29, 1.82) is 0 Å². The molecule has 0 atom stereocenters. The van der Waals surface area contributed by atoms with Gasteiger partial charge >= 0.3 is 5.69 Å². The molecule has 0 aliphatic heterocycles. The lowest BCUT2D eigenvalue weighted by atomic mass is 9.79. The molecule has 1 aromatic heterocycles. The number of H-pyrrole nitrogens is 2. The molecule has 23 heavy (non-hydrogen) atoms. The Bertz CT molecular complexity index is 820. The Hall–Kier alpha value is -2.70. The van der Waals surface area contributed by atoms with Crippen LogP contribution in [0.3, 0.4) is 0 Å². The van der Waals surface area contributed by atoms with E-state index in [1.807, 2.05) is 26.0 Å². The molecule has 2 aromatic rings. The summed E-state index contributed by atoms with van der Waals surface area (Å²) in [6, 6.07) is 5.49. The molecule has 7 nitrogen and oxygen atoms in total. The summed E-state index contributed by atoms with van der Waals surface area (Å²) < 4.78 is 10.5. The van der Waals surface area contributed by atoms with Crippen LogP contribution in [0.2, 0.25) is 0 Å². The topological polar surface area (TPSA) is 104 Å². The van der Waals surface area contributed by atoms with Crippen molar-refractivity contribution in [2.24, 2.45) is 0 Å². The molecular weight excluding hydrogens is 300 g/mol. The summed E-state index contributed by atoms with van der Waals surface area (Å²) in [6.45, 7) is 3.86. The quantitative estimate of drug-likeness (QED) is 0.770. The molecule has 3 N–H and O–H groups in total. The van der Waals surface area contributed by atoms with Gasteiger partial charge in [-0.05, 0) is 29.5 Å². The first-order valence-electron chi connectivity index (χ1n) is 7.05. The fourth-order valence-electron chi connectivity index (χ4n) is 2.47. The molecule has 1 heterocycles. The van der Waals surface area contributed by atoms with Crippen molar-refractivity contribution in [2.75, 3.05) is 14.2 Å². The van der Waals surface area contributed by atoms with Crippen LogP contribution < -0.4 is 20.7 Å². The number of rotatable bonds is 5. The van der Waals surface area contributed by atoms with Crippen LogP contribution in [0.5, 0.6) is 17.4 Å². The highest BCUT2D eigenvalue weighted by atomic mass is 16.5. The molecular formula is C16H20N2O5. The lowest BCUT2D eigenvalue weighted by Gasteiger charge is -2.26. The van der Waals surface area contributed by atoms with Crippen molar-refractivity contribution < 1.29 is 14.6 Å². The van der Waals surface area contributed by atoms with Crippen molar-refractivity contribution in [2.45, 2.75) is 25.7 Å². The summed E-state index contributed by atoms with van der Waals surface area (Å²) in [6.07, 6.45) is 0.237. The minimum Gasteiger partial charge on any atom is -0.494 e. The molecule has 0 saturated carbocycles. The van der Waals surface area contributed by atoms with Crippen molar-refractivity contribution in [3.8, 4) is 17.4 Å². The minimum absolute atomic E-state index is 0.129. The van der Waals surface area contributed by atoms with Gasteiger partial charge in [0.25, 0.3) is 5.56 Å². The van der Waals surface area contributed by atoms with E-state index in [-0.39, 0.29) is 12.0 Å². The maximum Gasteiger partial charge on any atom is 0.328 e. The highest BCUT2D eigenvalue weighted by Crippen LogP contribution is 2.35. The van der Waals surface area contributed by atoms with Crippen molar-refractivity contribution >= 4 is 0 Å². The third kappa shape index (κ3) is 3.39. The number of methoxy groups -OCH3 is 2. The van der Waals surface area contributed by atoms with Crippen LogP contribution in [0.1, 0.15) is 25.0 Å². The molecule has 0 unspecified atom stereocenters. The van der Waals surface area contributed by atoms with E-state index in [4.69, 9.17) is 9.47 Å². The van der Waals surface area contributed by atoms with Gasteiger partial charge in [-0.1, -0.05) is 19.9 Å². The van der Waals surface area contributed by atoms with Gasteiger partial charge in [-0.3, -0.25) is 14.8 Å². The predicted octanol–water partition coefficient (Wildman–Crippen LogP) is 1.31. The lowest BCUT2D eigenvalue weighted by molar-refractivity contribution is 0.353. The van der Waals surface area contributed by atoms with E-state index in [1.165, 1.54) is 0 Å². The minimum atomic E-state index is -0.736. The Balaban J connectivity index is 2.43. The molecule has 124 valence electrons. The van der Waals surface area contributed by atoms with E-state index in [0.717, 1.165) is 5.56 Å². The summed E-state index contributed by atoms with van der Waals surface area (Å²) in [4.78, 5) is 27.4. The van der Waals surface area contributed by atoms with E-state index in [2.05, 4.69) is 9.97 Å². The molecule has 0 bridgehead atoms. The van der Waals surface area contributed by atoms with Gasteiger partial charge in [-0.25, -0.2) is 4.79 Å². The number of aromatic amines is 2. The van der Waals surface area contributed by atoms with Crippen LogP contribution in [0.4, 0.5) is 0 Å². The Morgan fingerprint density at radius 3 is 2.30 bits per heavy atom. The summed E-state index contributed by atoms with van der Waals surface area (Å²) in [5.41, 5.74) is -0.785. The molecule has 1 aromatic carbocycles. The molecule has 0 fully saturated rings. The van der Waals surface area contributed by atoms with E-state index < -0.39 is 22.5 Å². The number of hydrogen-bond donors (Lipinski definition) is 3. The Kier molecular flexibility index (Phi) is 4.49. The van der Waals surface area contributed by atoms with Gasteiger partial charge in [-0.15, -0.1) is 0 Å². The second-order valence-corrected chi connectivity index (χ2v) is 5.87. The highest BCUT2D eigenvalue weighted by molar-refractivity contribution is 5.45. The summed E-state index contributed by atoms with van der Waals surface area (Å²) >= 11 is 0. The standard InChI is InChI=1S/C16H20N2O5/c1-16(2,8-10-13(19)17-15(21)18-14(10)20)9-5-6-11(22-3)12(7-9)23-4/h5-7H,8H2,1-4H3,(H3,17,18,19,20,21). The lowest BCUT2D eigenvalue weighted by Crippen LogP contribution is -2.30. The molecule has 0 aliphatic rings. The van der Waals surface area contributed by atoms with Gasteiger partial charge in [0.15, 0.2) is 11.5 Å². The highest BCUT2D eigenvalue weighted by Gasteiger charge is 2.26. The zero-order valence-electron chi connectivity index (χ0n) is 13.5. The number of aromatic nitrogens is 2. The second-order valence-electron chi connectivity index (χ2n) is 5.87. The van der Waals surface area contributed by atoms with E-state index in [9.17, 15) is 14.7 Å². The maximum atomic E-state index is 11.9. The van der Waals surface area contributed by atoms with Crippen LogP contribution >= 0.6 is 0 Å². The molecule has 0 spiro atoms. The van der Waals surface area contributed by atoms with Crippen LogP contribution in [-0.4, -0.2) is 29.3 Å². The smallest absolute Gasteiger partial charge is 0.328 e. The van der Waals surface area contributed by atoms with E-state index in [0.29, 0.717) is 11.5 Å². The zero-order valence-corrected chi connectivity index (χ0v) is 13.5. The van der Waals surface area contributed by atoms with Gasteiger partial charge < -0.3 is 14.6 Å². The summed E-state index contributed by atoms with van der Waals surface area (Å²) in [5.74, 6) is 0.779. The molecule has 0 saturated heterocycles. The Morgan fingerprint density at radius 2 is 1.74 bits per heavy atom. The summed E-state index contributed by atoms with van der Waals surface area (Å²) in [7, 11) is 3.10. The normalized spacial score (nSPS) is 11.3. The molecule has 0 amide bonds. The van der Waals surface area contributed by atoms with Gasteiger partial charge in [-0.2, -0.15) is 0 Å². The van der Waals surface area contributed by atoms with Gasteiger partial charge in [0.2, 0.25) is 5.88 Å². The second kappa shape index (κ2) is 6.20. The third-order valence-corrected chi connectivity index (χ3v) is 3.80. The average Bonchev–Trinajstić information content (AvgIpc) is 2.50. The van der Waals surface area contributed by atoms with Crippen molar-refractivity contribution in [1.82, 2.24) is 9.97 Å². The largest absolute Gasteiger partial charge is 0.494 e. The Labute approximate surface area is 132 Å². The van der Waals surface area contributed by atoms with E-state index >= 15 is 0 Å². The monoisotopic (exact) mass is 320 g/mol. The van der Waals surface area contributed by atoms with Gasteiger partial charge in [0.1, 0.15) is 0 Å². The molecule has 7 heteroatoms. The number of benzene rings is 1. The first kappa shape index (κ1) is 16.7. The SMILES string of the molecule is COc1ccc(C(C)(C)Cc2c(O)[nH]c(=O)[nH]c2=O)cc1OC. The number of hydrogen-bond acceptors (Lipinski definition) is 5. The predicted molar refractivity (Wildman–Crippen MR) is 85.6 cm³/mol. The van der Waals surface area contributed by atoms with Crippen LogP contribution in [0, 0.1) is 0 Å². The van der Waals surface area contributed by atoms with Crippen LogP contribution in [-0.2, 0) is 11.8 Å². The fraction of sp³-hybridized carbons (Fsp3) is 0.375. The first-order valence-corrected chi connectivity index (χ1v) is 7.05. The number of ether oxygens (including phenoxy) is 2. The average molecular weight is 320 g/mol. The van der Waals surface area contributed by atoms with E-state index in [1.54, 1.807) is 20.3 Å². The van der Waals surface area contributed by atoms with Crippen LogP contribution in [0.15, 0.2) is 27.8 Å². The zero-order chi connectivity index (χ0) is 17.2. The molecule has 0 aliphatic carbocycles. The van der Waals surface area contributed by atoms with Crippen molar-refractivity contribution in [3.63, 3.8) is 0 Å². The first-order chi connectivity index (χ1) is 10.8. The Morgan fingerprint density at radius 1 is 1.09 bits per heavy atom. The fourth-order valence-corrected chi connectivity index (χ4v) is 2.47. The molecule has 0 radical (unpaired) electrons. The van der Waals surface area contributed by atoms with Gasteiger partial charge in [0, 0.05) is 0 Å².